The summed E-state index contributed by atoms with van der Waals surface area (Å²) >= 11 is 0. The molecule has 3 aromatic rings. The fourth-order valence-electron chi connectivity index (χ4n) is 1.91. The minimum Gasteiger partial charge on any atom is -0.477 e. The third kappa shape index (κ3) is 2.29. The molecule has 8 nitrogen and oxygen atoms in total. The molecule has 1 aromatic carbocycles. The number of nitrogens with one attached hydrogen (secondary N) is 1. The molecule has 104 valence electrons. The number of non-ortho nitro benzene ring substituents is 1. The van der Waals surface area contributed by atoms with Gasteiger partial charge in [-0.2, -0.15) is 0 Å². The van der Waals surface area contributed by atoms with Crippen molar-refractivity contribution in [3.8, 4) is 11.4 Å². The van der Waals surface area contributed by atoms with Crippen molar-refractivity contribution >= 4 is 22.7 Å². The molecule has 2 aromatic heterocycles. The molecular formula is C13H8N4O4. The predicted molar refractivity (Wildman–Crippen MR) is 72.9 cm³/mol. The molecule has 0 aliphatic heterocycles. The molecule has 8 heteroatoms. The summed E-state index contributed by atoms with van der Waals surface area (Å²) in [6.45, 7) is 0. The van der Waals surface area contributed by atoms with Gasteiger partial charge in [-0.25, -0.2) is 14.8 Å². The largest absolute Gasteiger partial charge is 0.477 e. The summed E-state index contributed by atoms with van der Waals surface area (Å²) < 4.78 is 0. The van der Waals surface area contributed by atoms with Gasteiger partial charge in [-0.15, -0.1) is 0 Å². The van der Waals surface area contributed by atoms with Crippen LogP contribution in [0.15, 0.2) is 36.5 Å². The van der Waals surface area contributed by atoms with Crippen molar-refractivity contribution < 1.29 is 14.8 Å². The number of hydrogen-bond acceptors (Lipinski definition) is 5. The topological polar surface area (TPSA) is 122 Å². The molecule has 3 rings (SSSR count). The van der Waals surface area contributed by atoms with Crippen LogP contribution in [0.1, 0.15) is 10.5 Å². The number of aromatic carboxylic acids is 1. The maximum atomic E-state index is 10.9. The van der Waals surface area contributed by atoms with Gasteiger partial charge in [0.2, 0.25) is 0 Å². The van der Waals surface area contributed by atoms with Gasteiger partial charge in [-0.1, -0.05) is 0 Å². The summed E-state index contributed by atoms with van der Waals surface area (Å²) in [7, 11) is 0. The Morgan fingerprint density at radius 1 is 1.29 bits per heavy atom. The van der Waals surface area contributed by atoms with E-state index >= 15 is 0 Å². The van der Waals surface area contributed by atoms with Gasteiger partial charge in [0.15, 0.2) is 0 Å². The van der Waals surface area contributed by atoms with Crippen LogP contribution in [0.2, 0.25) is 0 Å². The molecule has 0 unspecified atom stereocenters. The van der Waals surface area contributed by atoms with Gasteiger partial charge in [-0.05, 0) is 18.2 Å². The van der Waals surface area contributed by atoms with Crippen molar-refractivity contribution in [3.63, 3.8) is 0 Å². The number of pyridine rings is 1. The number of imidazole rings is 1. The van der Waals surface area contributed by atoms with Gasteiger partial charge >= 0.3 is 5.97 Å². The molecule has 21 heavy (non-hydrogen) atoms. The molecule has 0 aliphatic carbocycles. The summed E-state index contributed by atoms with van der Waals surface area (Å²) in [4.78, 5) is 32.0. The lowest BCUT2D eigenvalue weighted by molar-refractivity contribution is -0.384. The number of aromatic nitrogens is 3. The fourth-order valence-corrected chi connectivity index (χ4v) is 1.91. The number of nitro groups is 1. The molecule has 0 spiro atoms. The first kappa shape index (κ1) is 12.7. The van der Waals surface area contributed by atoms with Crippen LogP contribution in [0, 0.1) is 10.1 Å². The lowest BCUT2D eigenvalue weighted by Crippen LogP contribution is -1.98. The summed E-state index contributed by atoms with van der Waals surface area (Å²) in [5, 5.41) is 19.5. The predicted octanol–water partition coefficient (Wildman–Crippen LogP) is 2.23. The summed E-state index contributed by atoms with van der Waals surface area (Å²) in [6, 6.07) is 7.29. The van der Waals surface area contributed by atoms with E-state index in [9.17, 15) is 14.9 Å². The average Bonchev–Trinajstić information content (AvgIpc) is 2.90. The monoisotopic (exact) mass is 284 g/mol. The van der Waals surface area contributed by atoms with Gasteiger partial charge in [-0.3, -0.25) is 10.1 Å². The van der Waals surface area contributed by atoms with E-state index in [0.29, 0.717) is 22.4 Å². The Bertz CT molecular complexity index is 854. The van der Waals surface area contributed by atoms with E-state index in [1.807, 2.05) is 0 Å². The lowest BCUT2D eigenvalue weighted by atomic mass is 10.2. The molecule has 0 saturated carbocycles. The van der Waals surface area contributed by atoms with E-state index in [4.69, 9.17) is 5.11 Å². The molecular weight excluding hydrogens is 276 g/mol. The molecule has 0 atom stereocenters. The van der Waals surface area contributed by atoms with Gasteiger partial charge in [0.1, 0.15) is 17.0 Å². The number of nitrogens with zero attached hydrogens (tertiary/aromatic N) is 3. The Balaban J connectivity index is 2.04. The zero-order valence-electron chi connectivity index (χ0n) is 10.5. The number of rotatable bonds is 3. The lowest BCUT2D eigenvalue weighted by Gasteiger charge is -1.95. The zero-order valence-corrected chi connectivity index (χ0v) is 10.5. The van der Waals surface area contributed by atoms with Crippen molar-refractivity contribution in [2.24, 2.45) is 0 Å². The van der Waals surface area contributed by atoms with Gasteiger partial charge < -0.3 is 10.1 Å². The first-order valence-electron chi connectivity index (χ1n) is 5.88. The van der Waals surface area contributed by atoms with Crippen molar-refractivity contribution in [1.82, 2.24) is 15.0 Å². The second kappa shape index (κ2) is 4.67. The van der Waals surface area contributed by atoms with Crippen LogP contribution in [0.4, 0.5) is 5.69 Å². The SMILES string of the molecule is O=C(O)c1cc2[nH]c(-c3ccc([N+](=O)[O-])cc3)nc2cn1. The molecule has 0 radical (unpaired) electrons. The van der Waals surface area contributed by atoms with Crippen LogP contribution in [-0.2, 0) is 0 Å². The molecule has 2 heterocycles. The normalized spacial score (nSPS) is 10.7. The van der Waals surface area contributed by atoms with Gasteiger partial charge in [0.25, 0.3) is 5.69 Å². The van der Waals surface area contributed by atoms with Crippen molar-refractivity contribution in [1.29, 1.82) is 0 Å². The van der Waals surface area contributed by atoms with Gasteiger partial charge in [0.05, 0.1) is 16.6 Å². The molecule has 2 N–H and O–H groups in total. The first-order chi connectivity index (χ1) is 10.0. The Morgan fingerprint density at radius 3 is 2.62 bits per heavy atom. The van der Waals surface area contributed by atoms with Crippen molar-refractivity contribution in [2.75, 3.05) is 0 Å². The molecule has 0 saturated heterocycles. The Morgan fingerprint density at radius 2 is 2.00 bits per heavy atom. The van der Waals surface area contributed by atoms with Crippen LogP contribution in [0.5, 0.6) is 0 Å². The van der Waals surface area contributed by atoms with E-state index in [1.165, 1.54) is 24.4 Å². The number of nitro benzene ring substituents is 1. The zero-order chi connectivity index (χ0) is 15.0. The highest BCUT2D eigenvalue weighted by Gasteiger charge is 2.11. The van der Waals surface area contributed by atoms with Crippen LogP contribution in [0.25, 0.3) is 22.4 Å². The van der Waals surface area contributed by atoms with Crippen LogP contribution >= 0.6 is 0 Å². The smallest absolute Gasteiger partial charge is 0.354 e. The quantitative estimate of drug-likeness (QED) is 0.561. The minimum atomic E-state index is -1.12. The van der Waals surface area contributed by atoms with E-state index in [1.54, 1.807) is 12.1 Å². The maximum absolute atomic E-state index is 10.9. The molecule has 0 amide bonds. The maximum Gasteiger partial charge on any atom is 0.354 e. The number of carbonyl (C=O) groups is 1. The highest BCUT2D eigenvalue weighted by molar-refractivity contribution is 5.90. The number of hydrogen-bond donors (Lipinski definition) is 2. The number of fused-ring (bicyclic) bond motifs is 1. The number of aromatic amines is 1. The fraction of sp³-hybridized carbons (Fsp3) is 0. The first-order valence-corrected chi connectivity index (χ1v) is 5.88. The Labute approximate surface area is 117 Å². The average molecular weight is 284 g/mol. The molecule has 0 bridgehead atoms. The Kier molecular flexibility index (Phi) is 2.83. The van der Waals surface area contributed by atoms with Crippen LogP contribution in [0.3, 0.4) is 0 Å². The minimum absolute atomic E-state index is 0.00955. The van der Waals surface area contributed by atoms with E-state index < -0.39 is 10.9 Å². The number of benzene rings is 1. The summed E-state index contributed by atoms with van der Waals surface area (Å²) in [6.07, 6.45) is 1.37. The van der Waals surface area contributed by atoms with E-state index in [-0.39, 0.29) is 11.4 Å². The van der Waals surface area contributed by atoms with Gasteiger partial charge in [0, 0.05) is 17.7 Å². The number of carboxylic acid groups (broad SMARTS) is 1. The van der Waals surface area contributed by atoms with Crippen LogP contribution in [-0.4, -0.2) is 31.0 Å². The second-order valence-electron chi connectivity index (χ2n) is 4.28. The number of carboxylic acids is 1. The van der Waals surface area contributed by atoms with Crippen molar-refractivity contribution in [3.05, 3.63) is 52.3 Å². The summed E-state index contributed by atoms with van der Waals surface area (Å²) in [5.74, 6) is -0.632. The second-order valence-corrected chi connectivity index (χ2v) is 4.28. The third-order valence-corrected chi connectivity index (χ3v) is 2.94. The van der Waals surface area contributed by atoms with Crippen LogP contribution < -0.4 is 0 Å². The van der Waals surface area contributed by atoms with E-state index in [2.05, 4.69) is 15.0 Å². The number of H-pyrrole nitrogens is 1. The molecule has 0 aliphatic rings. The highest BCUT2D eigenvalue weighted by Crippen LogP contribution is 2.22. The summed E-state index contributed by atoms with van der Waals surface area (Å²) in [5.41, 5.74) is 1.63. The third-order valence-electron chi connectivity index (χ3n) is 2.94. The Hall–Kier alpha value is -3.29. The van der Waals surface area contributed by atoms with E-state index in [0.717, 1.165) is 0 Å². The molecule has 0 fully saturated rings. The highest BCUT2D eigenvalue weighted by atomic mass is 16.6. The standard InChI is InChI=1S/C13H8N4O4/c18-13(19)10-5-9-11(6-14-10)16-12(15-9)7-1-3-8(4-2-7)17(20)21/h1-6H,(H,15,16)(H,18,19). The van der Waals surface area contributed by atoms with Crippen molar-refractivity contribution in [2.45, 2.75) is 0 Å².